The van der Waals surface area contributed by atoms with Crippen LogP contribution in [0.1, 0.15) is 399 Å². The van der Waals surface area contributed by atoms with Crippen molar-refractivity contribution in [3.63, 3.8) is 0 Å². The zero-order valence-electron chi connectivity index (χ0n) is 52.9. The Hall–Kier alpha value is -1.66. The minimum absolute atomic E-state index is 0.00415. The van der Waals surface area contributed by atoms with Gasteiger partial charge in [0.05, 0.1) is 25.4 Å². The number of carbonyl (C=O) groups excluding carboxylic acids is 2. The predicted molar refractivity (Wildman–Crippen MR) is 343 cm³/mol. The van der Waals surface area contributed by atoms with Gasteiger partial charge in [-0.1, -0.05) is 359 Å². The van der Waals surface area contributed by atoms with E-state index in [0.717, 1.165) is 51.4 Å². The number of aliphatic hydroxyl groups excluding tert-OH is 2. The average molecular weight is 1100 g/mol. The van der Waals surface area contributed by atoms with Crippen LogP contribution in [0.25, 0.3) is 0 Å². The van der Waals surface area contributed by atoms with Gasteiger partial charge in [0.1, 0.15) is 0 Å². The van der Waals surface area contributed by atoms with Gasteiger partial charge in [0.15, 0.2) is 0 Å². The van der Waals surface area contributed by atoms with E-state index < -0.39 is 12.1 Å². The molecule has 2 atom stereocenters. The van der Waals surface area contributed by atoms with E-state index in [1.165, 1.54) is 315 Å². The molecule has 462 valence electrons. The van der Waals surface area contributed by atoms with Crippen molar-refractivity contribution in [1.29, 1.82) is 0 Å². The van der Waals surface area contributed by atoms with Crippen LogP contribution in [0.5, 0.6) is 0 Å². The number of ether oxygens (including phenoxy) is 1. The monoisotopic (exact) mass is 1100 g/mol. The highest BCUT2D eigenvalue weighted by Gasteiger charge is 2.20. The van der Waals surface area contributed by atoms with Crippen LogP contribution in [-0.2, 0) is 14.3 Å². The van der Waals surface area contributed by atoms with Crippen LogP contribution < -0.4 is 5.32 Å². The van der Waals surface area contributed by atoms with Crippen molar-refractivity contribution in [3.8, 4) is 0 Å². The summed E-state index contributed by atoms with van der Waals surface area (Å²) >= 11 is 0. The van der Waals surface area contributed by atoms with Gasteiger partial charge in [0, 0.05) is 12.8 Å². The van der Waals surface area contributed by atoms with E-state index in [4.69, 9.17) is 4.74 Å². The van der Waals surface area contributed by atoms with Crippen molar-refractivity contribution in [2.24, 2.45) is 0 Å². The van der Waals surface area contributed by atoms with Crippen LogP contribution in [0.4, 0.5) is 0 Å². The van der Waals surface area contributed by atoms with Crippen LogP contribution in [0.2, 0.25) is 0 Å². The molecule has 0 spiro atoms. The van der Waals surface area contributed by atoms with Crippen molar-refractivity contribution in [2.75, 3.05) is 13.2 Å². The number of allylic oxidation sites excluding steroid dienone is 4. The molecular weight excluding hydrogens is 959 g/mol. The summed E-state index contributed by atoms with van der Waals surface area (Å²) in [6.45, 7) is 4.95. The summed E-state index contributed by atoms with van der Waals surface area (Å²) in [6.07, 6.45) is 85.1. The Labute approximate surface area is 488 Å². The lowest BCUT2D eigenvalue weighted by Gasteiger charge is -2.22. The highest BCUT2D eigenvalue weighted by Crippen LogP contribution is 2.19. The maximum absolute atomic E-state index is 12.5. The number of carbonyl (C=O) groups is 2. The number of esters is 1. The Kier molecular flexibility index (Phi) is 66.4. The number of nitrogens with one attached hydrogen (secondary N) is 1. The number of aliphatic hydroxyl groups is 2. The van der Waals surface area contributed by atoms with Crippen LogP contribution in [0.3, 0.4) is 0 Å². The van der Waals surface area contributed by atoms with Crippen LogP contribution in [0.15, 0.2) is 24.3 Å². The van der Waals surface area contributed by atoms with Crippen molar-refractivity contribution in [2.45, 2.75) is 411 Å². The van der Waals surface area contributed by atoms with Gasteiger partial charge >= 0.3 is 5.97 Å². The highest BCUT2D eigenvalue weighted by molar-refractivity contribution is 5.76. The third kappa shape index (κ3) is 63.5. The Morgan fingerprint density at radius 3 is 1.01 bits per heavy atom. The molecule has 0 rings (SSSR count). The second-order valence-corrected chi connectivity index (χ2v) is 24.6. The van der Waals surface area contributed by atoms with Crippen molar-refractivity contribution >= 4 is 11.9 Å². The lowest BCUT2D eigenvalue weighted by Crippen LogP contribution is -2.45. The first-order valence-electron chi connectivity index (χ1n) is 35.6. The molecular formula is C72H139NO5. The molecule has 0 aliphatic rings. The summed E-state index contributed by atoms with van der Waals surface area (Å²) in [5.74, 6) is -0.0238. The number of unbranched alkanes of at least 4 members (excludes halogenated alkanes) is 52. The second kappa shape index (κ2) is 67.8. The van der Waals surface area contributed by atoms with Gasteiger partial charge in [-0.15, -0.1) is 0 Å². The van der Waals surface area contributed by atoms with Crippen molar-refractivity contribution < 1.29 is 24.5 Å². The van der Waals surface area contributed by atoms with E-state index in [1.54, 1.807) is 0 Å². The van der Waals surface area contributed by atoms with E-state index >= 15 is 0 Å². The first kappa shape index (κ1) is 76.3. The topological polar surface area (TPSA) is 95.9 Å². The largest absolute Gasteiger partial charge is 0.466 e. The standard InChI is InChI=1S/C72H139NO5/c1-3-5-7-9-11-13-15-17-19-20-21-31-34-37-40-44-48-52-56-60-64-70(75)69(68-74)73-71(76)65-61-57-53-49-45-41-38-35-32-29-27-25-23-22-24-26-28-30-33-36-39-43-47-51-55-59-63-67-78-72(77)66-62-58-54-50-46-42-18-16-14-12-10-8-6-4-2/h10,12,16,18,69-70,74-75H,3-9,11,13-15,17,19-68H2,1-2H3,(H,73,76)/b12-10-,18-16-. The van der Waals surface area contributed by atoms with E-state index in [1.807, 2.05) is 0 Å². The Balaban J connectivity index is 3.35. The average Bonchev–Trinajstić information content (AvgIpc) is 3.44. The van der Waals surface area contributed by atoms with E-state index in [9.17, 15) is 19.8 Å². The Morgan fingerprint density at radius 2 is 0.654 bits per heavy atom. The molecule has 6 nitrogen and oxygen atoms in total. The summed E-state index contributed by atoms with van der Waals surface area (Å²) in [4.78, 5) is 24.6. The SMILES string of the molecule is CCCC/C=C\C/C=C\CCCCCCCC(=O)OCCCCCCCCCCCCCCCCCCCCCCCCCCCCCC(=O)NC(CO)C(O)CCCCCCCCCCCCCCCCCCCCCC. The molecule has 0 aromatic rings. The Bertz CT molecular complexity index is 1220. The first-order chi connectivity index (χ1) is 38.5. The first-order valence-corrected chi connectivity index (χ1v) is 35.6. The van der Waals surface area contributed by atoms with Gasteiger partial charge in [-0.25, -0.2) is 0 Å². The summed E-state index contributed by atoms with van der Waals surface area (Å²) in [5, 5.41) is 23.4. The summed E-state index contributed by atoms with van der Waals surface area (Å²) in [7, 11) is 0. The summed E-state index contributed by atoms with van der Waals surface area (Å²) in [6, 6.07) is -0.540. The fourth-order valence-electron chi connectivity index (χ4n) is 11.3. The molecule has 0 aliphatic carbocycles. The van der Waals surface area contributed by atoms with Gasteiger partial charge < -0.3 is 20.3 Å². The highest BCUT2D eigenvalue weighted by atomic mass is 16.5. The molecule has 1 amide bonds. The van der Waals surface area contributed by atoms with Gasteiger partial charge in [0.2, 0.25) is 5.91 Å². The zero-order chi connectivity index (χ0) is 56.4. The van der Waals surface area contributed by atoms with Crippen LogP contribution in [-0.4, -0.2) is 47.4 Å². The molecule has 0 radical (unpaired) electrons. The molecule has 0 aromatic carbocycles. The molecule has 0 saturated heterocycles. The van der Waals surface area contributed by atoms with E-state index in [2.05, 4.69) is 43.5 Å². The maximum atomic E-state index is 12.5. The molecule has 78 heavy (non-hydrogen) atoms. The molecule has 0 fully saturated rings. The number of amides is 1. The lowest BCUT2D eigenvalue weighted by atomic mass is 10.0. The van der Waals surface area contributed by atoms with Gasteiger partial charge in [-0.05, 0) is 51.4 Å². The van der Waals surface area contributed by atoms with E-state index in [0.29, 0.717) is 25.9 Å². The smallest absolute Gasteiger partial charge is 0.305 e. The quantitative estimate of drug-likeness (QED) is 0.0320. The molecule has 0 aromatic heterocycles. The number of hydrogen-bond donors (Lipinski definition) is 3. The van der Waals surface area contributed by atoms with Crippen molar-refractivity contribution in [3.05, 3.63) is 24.3 Å². The third-order valence-corrected chi connectivity index (χ3v) is 16.8. The van der Waals surface area contributed by atoms with Gasteiger partial charge in [0.25, 0.3) is 0 Å². The maximum Gasteiger partial charge on any atom is 0.305 e. The minimum Gasteiger partial charge on any atom is -0.466 e. The number of rotatable bonds is 67. The molecule has 6 heteroatoms. The second-order valence-electron chi connectivity index (χ2n) is 24.6. The van der Waals surface area contributed by atoms with Crippen LogP contribution >= 0.6 is 0 Å². The molecule has 0 bridgehead atoms. The van der Waals surface area contributed by atoms with Crippen LogP contribution in [0, 0.1) is 0 Å². The number of hydrogen-bond acceptors (Lipinski definition) is 5. The van der Waals surface area contributed by atoms with Gasteiger partial charge in [-0.2, -0.15) is 0 Å². The fraction of sp³-hybridized carbons (Fsp3) is 0.917. The molecule has 0 saturated carbocycles. The predicted octanol–water partition coefficient (Wildman–Crippen LogP) is 22.9. The molecule has 0 aliphatic heterocycles. The minimum atomic E-state index is -0.663. The molecule has 2 unspecified atom stereocenters. The summed E-state index contributed by atoms with van der Waals surface area (Å²) < 4.78 is 5.48. The fourth-order valence-corrected chi connectivity index (χ4v) is 11.3. The molecule has 3 N–H and O–H groups in total. The molecule has 0 heterocycles. The Morgan fingerprint density at radius 1 is 0.359 bits per heavy atom. The third-order valence-electron chi connectivity index (χ3n) is 16.8. The summed E-state index contributed by atoms with van der Waals surface area (Å²) in [5.41, 5.74) is 0. The van der Waals surface area contributed by atoms with E-state index in [-0.39, 0.29) is 18.5 Å². The van der Waals surface area contributed by atoms with Crippen molar-refractivity contribution in [1.82, 2.24) is 5.32 Å². The van der Waals surface area contributed by atoms with Gasteiger partial charge in [-0.3, -0.25) is 9.59 Å². The lowest BCUT2D eigenvalue weighted by molar-refractivity contribution is -0.143. The normalized spacial score (nSPS) is 12.6. The zero-order valence-corrected chi connectivity index (χ0v) is 52.9.